The number of hydrogen-bond acceptors (Lipinski definition) is 6. The van der Waals surface area contributed by atoms with Crippen LogP contribution >= 0.6 is 23.1 Å². The van der Waals surface area contributed by atoms with Crippen LogP contribution in [0.15, 0.2) is 41.1 Å². The summed E-state index contributed by atoms with van der Waals surface area (Å²) in [4.78, 5) is 8.94. The highest BCUT2D eigenvalue weighted by atomic mass is 32.2. The number of rotatable bonds is 5. The van der Waals surface area contributed by atoms with Gasteiger partial charge in [-0.2, -0.15) is 0 Å². The van der Waals surface area contributed by atoms with E-state index in [0.717, 1.165) is 45.2 Å². The zero-order valence-electron chi connectivity index (χ0n) is 13.3. The van der Waals surface area contributed by atoms with Gasteiger partial charge >= 0.3 is 0 Å². The third-order valence-corrected chi connectivity index (χ3v) is 5.75. The van der Waals surface area contributed by atoms with E-state index in [1.807, 2.05) is 29.9 Å². The molecule has 0 saturated carbocycles. The molecular weight excluding hydrogens is 342 g/mol. The third-order valence-electron chi connectivity index (χ3n) is 3.78. The minimum atomic E-state index is 0.596. The lowest BCUT2D eigenvalue weighted by atomic mass is 10.1. The number of fused-ring (bicyclic) bond motifs is 1. The summed E-state index contributed by atoms with van der Waals surface area (Å²) in [7, 11) is 0. The highest BCUT2D eigenvalue weighted by Crippen LogP contribution is 2.36. The first kappa shape index (κ1) is 15.5. The number of thiazole rings is 1. The number of aromatic nitrogens is 3. The topological polar surface area (TPSA) is 49.2 Å². The molecule has 3 heterocycles. The average Bonchev–Trinajstić information content (AvgIpc) is 3.28. The maximum absolute atomic E-state index is 5.70. The van der Waals surface area contributed by atoms with Crippen LogP contribution in [0.5, 0.6) is 11.5 Å². The van der Waals surface area contributed by atoms with E-state index < -0.39 is 0 Å². The predicted octanol–water partition coefficient (Wildman–Crippen LogP) is 4.09. The Hall–Kier alpha value is -1.99. The molecule has 0 bridgehead atoms. The van der Waals surface area contributed by atoms with Gasteiger partial charge in [0.1, 0.15) is 18.2 Å². The van der Waals surface area contributed by atoms with Crippen LogP contribution in [-0.2, 0) is 12.3 Å². The van der Waals surface area contributed by atoms with Crippen LogP contribution in [0.2, 0.25) is 0 Å². The van der Waals surface area contributed by atoms with Crippen molar-refractivity contribution in [3.63, 3.8) is 0 Å². The Labute approximate surface area is 148 Å². The number of benzene rings is 1. The summed E-state index contributed by atoms with van der Waals surface area (Å²) in [6, 6.07) is 6.07. The van der Waals surface area contributed by atoms with E-state index in [0.29, 0.717) is 13.2 Å². The minimum absolute atomic E-state index is 0.596. The fraction of sp³-hybridized carbons (Fsp3) is 0.294. The number of hydrogen-bond donors (Lipinski definition) is 0. The normalized spacial score (nSPS) is 13.2. The van der Waals surface area contributed by atoms with Gasteiger partial charge in [0.05, 0.1) is 17.6 Å². The molecule has 0 radical (unpaired) electrons. The van der Waals surface area contributed by atoms with Crippen molar-refractivity contribution in [1.82, 2.24) is 14.5 Å². The molecule has 0 fully saturated rings. The zero-order chi connectivity index (χ0) is 16.4. The third kappa shape index (κ3) is 3.01. The molecule has 0 spiro atoms. The molecule has 7 heteroatoms. The fourth-order valence-corrected chi connectivity index (χ4v) is 4.35. The molecule has 0 N–H and O–H groups in total. The molecule has 0 saturated heterocycles. The van der Waals surface area contributed by atoms with Crippen molar-refractivity contribution in [3.05, 3.63) is 41.0 Å². The monoisotopic (exact) mass is 359 g/mol. The van der Waals surface area contributed by atoms with Crippen LogP contribution in [-0.4, -0.2) is 27.7 Å². The molecule has 0 aliphatic carbocycles. The Morgan fingerprint density at radius 1 is 1.21 bits per heavy atom. The van der Waals surface area contributed by atoms with Gasteiger partial charge in [0.15, 0.2) is 16.7 Å². The van der Waals surface area contributed by atoms with Gasteiger partial charge in [0, 0.05) is 23.7 Å². The molecule has 0 atom stereocenters. The van der Waals surface area contributed by atoms with Gasteiger partial charge in [0.25, 0.3) is 0 Å². The van der Waals surface area contributed by atoms with Gasteiger partial charge in [-0.05, 0) is 25.1 Å². The lowest BCUT2D eigenvalue weighted by Crippen LogP contribution is -2.15. The van der Waals surface area contributed by atoms with E-state index in [1.165, 1.54) is 0 Å². The van der Waals surface area contributed by atoms with Crippen molar-refractivity contribution in [2.24, 2.45) is 0 Å². The maximum Gasteiger partial charge on any atom is 0.168 e. The standard InChI is InChI=1S/C17H17N3O2S2/c1-2-20-13(10-19-17(20)24-11-16-18-5-8-23-16)12-3-4-14-15(9-12)22-7-6-21-14/h3-5,8-10H,2,6-7,11H2,1H3. The fourth-order valence-electron chi connectivity index (χ4n) is 2.66. The van der Waals surface area contributed by atoms with Crippen LogP contribution in [0.1, 0.15) is 11.9 Å². The summed E-state index contributed by atoms with van der Waals surface area (Å²) in [5.74, 6) is 2.46. The summed E-state index contributed by atoms with van der Waals surface area (Å²) in [5, 5.41) is 4.13. The van der Waals surface area contributed by atoms with E-state index in [1.54, 1.807) is 23.1 Å². The van der Waals surface area contributed by atoms with E-state index in [-0.39, 0.29) is 0 Å². The molecule has 5 nitrogen and oxygen atoms in total. The molecule has 0 amide bonds. The van der Waals surface area contributed by atoms with Gasteiger partial charge < -0.3 is 14.0 Å². The molecular formula is C17H17N3O2S2. The van der Waals surface area contributed by atoms with Crippen molar-refractivity contribution in [1.29, 1.82) is 0 Å². The van der Waals surface area contributed by atoms with Crippen molar-refractivity contribution < 1.29 is 9.47 Å². The smallest absolute Gasteiger partial charge is 0.168 e. The van der Waals surface area contributed by atoms with E-state index in [4.69, 9.17) is 9.47 Å². The second kappa shape index (κ2) is 6.86. The molecule has 0 unspecified atom stereocenters. The molecule has 124 valence electrons. The minimum Gasteiger partial charge on any atom is -0.486 e. The Morgan fingerprint density at radius 3 is 2.88 bits per heavy atom. The van der Waals surface area contributed by atoms with Crippen LogP contribution in [0, 0.1) is 0 Å². The summed E-state index contributed by atoms with van der Waals surface area (Å²) >= 11 is 3.39. The highest BCUT2D eigenvalue weighted by molar-refractivity contribution is 7.98. The first-order valence-electron chi connectivity index (χ1n) is 7.82. The molecule has 4 rings (SSSR count). The number of thioether (sulfide) groups is 1. The van der Waals surface area contributed by atoms with Crippen molar-refractivity contribution >= 4 is 23.1 Å². The lowest BCUT2D eigenvalue weighted by molar-refractivity contribution is 0.171. The van der Waals surface area contributed by atoms with Crippen LogP contribution in [0.3, 0.4) is 0 Å². The number of nitrogens with zero attached hydrogens (tertiary/aromatic N) is 3. The molecule has 24 heavy (non-hydrogen) atoms. The summed E-state index contributed by atoms with van der Waals surface area (Å²) in [5.41, 5.74) is 2.19. The first-order chi connectivity index (χ1) is 11.8. The predicted molar refractivity (Wildman–Crippen MR) is 96.0 cm³/mol. The van der Waals surface area contributed by atoms with Crippen LogP contribution in [0.25, 0.3) is 11.3 Å². The average molecular weight is 359 g/mol. The maximum atomic E-state index is 5.70. The number of ether oxygens (including phenoxy) is 2. The van der Waals surface area contributed by atoms with Gasteiger partial charge in [-0.15, -0.1) is 11.3 Å². The van der Waals surface area contributed by atoms with Gasteiger partial charge in [-0.25, -0.2) is 9.97 Å². The second-order valence-electron chi connectivity index (χ2n) is 5.24. The summed E-state index contributed by atoms with van der Waals surface area (Å²) in [6.07, 6.45) is 3.77. The highest BCUT2D eigenvalue weighted by Gasteiger charge is 2.16. The van der Waals surface area contributed by atoms with Gasteiger partial charge in [0.2, 0.25) is 0 Å². The van der Waals surface area contributed by atoms with Crippen molar-refractivity contribution in [3.8, 4) is 22.8 Å². The Bertz CT molecular complexity index is 830. The van der Waals surface area contributed by atoms with E-state index >= 15 is 0 Å². The van der Waals surface area contributed by atoms with Crippen LogP contribution in [0.4, 0.5) is 0 Å². The largest absolute Gasteiger partial charge is 0.486 e. The quantitative estimate of drug-likeness (QED) is 0.642. The zero-order valence-corrected chi connectivity index (χ0v) is 14.9. The van der Waals surface area contributed by atoms with Gasteiger partial charge in [-0.3, -0.25) is 0 Å². The van der Waals surface area contributed by atoms with Crippen molar-refractivity contribution in [2.45, 2.75) is 24.4 Å². The summed E-state index contributed by atoms with van der Waals surface area (Å²) in [6.45, 7) is 4.20. The van der Waals surface area contributed by atoms with Gasteiger partial charge in [-0.1, -0.05) is 11.8 Å². The Kier molecular flexibility index (Phi) is 4.44. The Balaban J connectivity index is 1.61. The van der Waals surface area contributed by atoms with Crippen molar-refractivity contribution in [2.75, 3.05) is 13.2 Å². The SMILES string of the molecule is CCn1c(-c2ccc3c(c2)OCCO3)cnc1SCc1nccs1. The van der Waals surface area contributed by atoms with E-state index in [9.17, 15) is 0 Å². The second-order valence-corrected chi connectivity index (χ2v) is 7.16. The first-order valence-corrected chi connectivity index (χ1v) is 9.68. The van der Waals surface area contributed by atoms with E-state index in [2.05, 4.69) is 27.5 Å². The molecule has 1 aliphatic heterocycles. The molecule has 1 aliphatic rings. The molecule has 3 aromatic rings. The molecule has 1 aromatic carbocycles. The van der Waals surface area contributed by atoms with Crippen LogP contribution < -0.4 is 9.47 Å². The molecule has 2 aromatic heterocycles. The lowest BCUT2D eigenvalue weighted by Gasteiger charge is -2.19. The Morgan fingerprint density at radius 2 is 2.08 bits per heavy atom. The summed E-state index contributed by atoms with van der Waals surface area (Å²) < 4.78 is 13.5. The number of imidazole rings is 1.